The van der Waals surface area contributed by atoms with E-state index in [0.29, 0.717) is 17.2 Å². The van der Waals surface area contributed by atoms with Gasteiger partial charge in [-0.15, -0.1) is 0 Å². The number of rotatable bonds is 7. The summed E-state index contributed by atoms with van der Waals surface area (Å²) >= 11 is 0. The molecule has 0 N–H and O–H groups in total. The molecule has 5 rings (SSSR count). The molecule has 0 amide bonds. The average molecular weight is 499 g/mol. The van der Waals surface area contributed by atoms with Gasteiger partial charge in [-0.2, -0.15) is 0 Å². The Morgan fingerprint density at radius 3 is 2.44 bits per heavy atom. The van der Waals surface area contributed by atoms with Crippen molar-refractivity contribution in [1.29, 1.82) is 0 Å². The van der Waals surface area contributed by atoms with Gasteiger partial charge in [-0.3, -0.25) is 4.98 Å². The van der Waals surface area contributed by atoms with E-state index in [-0.39, 0.29) is 16.4 Å². The average Bonchev–Trinajstić information content (AvgIpc) is 2.90. The monoisotopic (exact) mass is 498 g/mol. The quantitative estimate of drug-likeness (QED) is 0.286. The maximum absolute atomic E-state index is 14.0. The first kappa shape index (κ1) is 23.3. The summed E-state index contributed by atoms with van der Waals surface area (Å²) in [7, 11) is -2.63. The molecule has 0 atom stereocenters. The van der Waals surface area contributed by atoms with Crippen molar-refractivity contribution < 1.29 is 17.9 Å². The van der Waals surface area contributed by atoms with Gasteiger partial charge in [-0.25, -0.2) is 22.7 Å². The molecule has 0 saturated heterocycles. The van der Waals surface area contributed by atoms with Crippen LogP contribution in [-0.2, 0) is 10.0 Å². The fraction of sp³-hybridized carbons (Fsp3) is 0.0741. The molecule has 0 saturated carbocycles. The van der Waals surface area contributed by atoms with E-state index in [4.69, 9.17) is 9.47 Å². The SMILES string of the molecule is COc1cc(Oc2cccc(C)c2)ccc1N(c1ccncn1)S(=O)(=O)c1ccc2cnccc2c1. The molecule has 36 heavy (non-hydrogen) atoms. The van der Waals surface area contributed by atoms with Gasteiger partial charge < -0.3 is 9.47 Å². The molecule has 0 aliphatic rings. The minimum absolute atomic E-state index is 0.0990. The molecule has 9 heteroatoms. The van der Waals surface area contributed by atoms with Crippen LogP contribution in [-0.4, -0.2) is 30.5 Å². The van der Waals surface area contributed by atoms with Crippen molar-refractivity contribution in [3.63, 3.8) is 0 Å². The number of nitrogens with zero attached hydrogens (tertiary/aromatic N) is 4. The lowest BCUT2D eigenvalue weighted by Crippen LogP contribution is -2.27. The number of anilines is 2. The minimum atomic E-state index is -4.11. The third kappa shape index (κ3) is 4.56. The molecule has 3 aromatic carbocycles. The molecule has 0 radical (unpaired) electrons. The topological polar surface area (TPSA) is 94.5 Å². The number of fused-ring (bicyclic) bond motifs is 1. The van der Waals surface area contributed by atoms with Crippen molar-refractivity contribution in [2.24, 2.45) is 0 Å². The highest BCUT2D eigenvalue weighted by Crippen LogP contribution is 2.40. The largest absolute Gasteiger partial charge is 0.494 e. The van der Waals surface area contributed by atoms with Gasteiger partial charge in [0.15, 0.2) is 5.82 Å². The lowest BCUT2D eigenvalue weighted by molar-refractivity contribution is 0.410. The normalized spacial score (nSPS) is 11.3. The van der Waals surface area contributed by atoms with E-state index in [1.165, 1.54) is 25.7 Å². The van der Waals surface area contributed by atoms with Gasteiger partial charge >= 0.3 is 0 Å². The predicted molar refractivity (Wildman–Crippen MR) is 137 cm³/mol. The van der Waals surface area contributed by atoms with E-state index in [0.717, 1.165) is 20.6 Å². The number of aromatic nitrogens is 3. The number of pyridine rings is 1. The Labute approximate surface area is 208 Å². The van der Waals surface area contributed by atoms with E-state index in [1.807, 2.05) is 31.2 Å². The highest BCUT2D eigenvalue weighted by atomic mass is 32.2. The number of benzene rings is 3. The van der Waals surface area contributed by atoms with Crippen LogP contribution in [0.3, 0.4) is 0 Å². The molecule has 0 fully saturated rings. The zero-order valence-corrected chi connectivity index (χ0v) is 20.4. The Morgan fingerprint density at radius 2 is 1.67 bits per heavy atom. The van der Waals surface area contributed by atoms with Crippen LogP contribution in [0.15, 0.2) is 103 Å². The van der Waals surface area contributed by atoms with Crippen molar-refractivity contribution >= 4 is 32.3 Å². The van der Waals surface area contributed by atoms with Gasteiger partial charge in [0.05, 0.1) is 12.0 Å². The van der Waals surface area contributed by atoms with Crippen molar-refractivity contribution in [1.82, 2.24) is 15.0 Å². The van der Waals surface area contributed by atoms with Gasteiger partial charge in [0.1, 0.15) is 29.3 Å². The van der Waals surface area contributed by atoms with Crippen LogP contribution in [0.4, 0.5) is 11.5 Å². The second-order valence-electron chi connectivity index (χ2n) is 7.97. The van der Waals surface area contributed by atoms with E-state index in [2.05, 4.69) is 15.0 Å². The van der Waals surface area contributed by atoms with Crippen LogP contribution in [0.5, 0.6) is 17.2 Å². The van der Waals surface area contributed by atoms with Crippen LogP contribution in [0.2, 0.25) is 0 Å². The number of aryl methyl sites for hydroxylation is 1. The summed E-state index contributed by atoms with van der Waals surface area (Å²) in [6.45, 7) is 1.98. The summed E-state index contributed by atoms with van der Waals surface area (Å²) in [5, 5.41) is 1.59. The molecule has 180 valence electrons. The summed E-state index contributed by atoms with van der Waals surface area (Å²) in [6, 6.07) is 20.8. The highest BCUT2D eigenvalue weighted by molar-refractivity contribution is 7.93. The van der Waals surface area contributed by atoms with Gasteiger partial charge in [0.2, 0.25) is 0 Å². The summed E-state index contributed by atoms with van der Waals surface area (Å²) in [5.41, 5.74) is 1.34. The molecule has 2 heterocycles. The standard InChI is InChI=1S/C27H22N4O4S/c1-19-4-3-5-22(14-19)35-23-7-9-25(26(16-23)34-2)31(27-11-13-29-18-30-27)36(32,33)24-8-6-21-17-28-12-10-20(21)15-24/h3-18H,1-2H3. The van der Waals surface area contributed by atoms with Gasteiger partial charge in [0, 0.05) is 36.1 Å². The third-order valence-corrected chi connectivity index (χ3v) is 7.23. The summed E-state index contributed by atoms with van der Waals surface area (Å²) in [4.78, 5) is 12.4. The molecule has 0 unspecified atom stereocenters. The molecular formula is C27H22N4O4S. The Balaban J connectivity index is 1.62. The van der Waals surface area contributed by atoms with Crippen molar-refractivity contribution in [3.8, 4) is 17.2 Å². The smallest absolute Gasteiger partial charge is 0.270 e. The van der Waals surface area contributed by atoms with E-state index < -0.39 is 10.0 Å². The Bertz CT molecular complexity index is 1640. The fourth-order valence-corrected chi connectivity index (χ4v) is 5.30. The number of hydrogen-bond acceptors (Lipinski definition) is 7. The second kappa shape index (κ2) is 9.63. The molecule has 0 bridgehead atoms. The maximum Gasteiger partial charge on any atom is 0.270 e. The van der Waals surface area contributed by atoms with Gasteiger partial charge in [-0.05, 0) is 60.3 Å². The minimum Gasteiger partial charge on any atom is -0.494 e. The van der Waals surface area contributed by atoms with E-state index in [1.54, 1.807) is 54.9 Å². The summed E-state index contributed by atoms with van der Waals surface area (Å²) < 4.78 is 40.8. The lowest BCUT2D eigenvalue weighted by atomic mass is 10.2. The number of hydrogen-bond donors (Lipinski definition) is 0. The number of methoxy groups -OCH3 is 1. The zero-order valence-electron chi connectivity index (χ0n) is 19.6. The highest BCUT2D eigenvalue weighted by Gasteiger charge is 2.30. The fourth-order valence-electron chi connectivity index (χ4n) is 3.81. The first-order chi connectivity index (χ1) is 17.5. The summed E-state index contributed by atoms with van der Waals surface area (Å²) in [5.74, 6) is 1.63. The summed E-state index contributed by atoms with van der Waals surface area (Å²) in [6.07, 6.45) is 6.09. The Morgan fingerprint density at radius 1 is 0.833 bits per heavy atom. The molecular weight excluding hydrogens is 476 g/mol. The number of ether oxygens (including phenoxy) is 2. The van der Waals surface area contributed by atoms with E-state index >= 15 is 0 Å². The van der Waals surface area contributed by atoms with Crippen LogP contribution in [0, 0.1) is 6.92 Å². The lowest BCUT2D eigenvalue weighted by Gasteiger charge is -2.25. The third-order valence-electron chi connectivity index (χ3n) is 5.52. The maximum atomic E-state index is 14.0. The first-order valence-corrected chi connectivity index (χ1v) is 12.5. The van der Waals surface area contributed by atoms with Crippen LogP contribution < -0.4 is 13.8 Å². The zero-order chi connectivity index (χ0) is 25.1. The number of sulfonamides is 1. The molecule has 2 aromatic heterocycles. The van der Waals surface area contributed by atoms with Crippen LogP contribution in [0.25, 0.3) is 10.8 Å². The molecule has 5 aromatic rings. The van der Waals surface area contributed by atoms with Gasteiger partial charge in [-0.1, -0.05) is 18.2 Å². The van der Waals surface area contributed by atoms with Crippen molar-refractivity contribution in [3.05, 3.63) is 103 Å². The molecule has 0 aliphatic carbocycles. The van der Waals surface area contributed by atoms with Crippen LogP contribution >= 0.6 is 0 Å². The molecule has 0 spiro atoms. The Kier molecular flexibility index (Phi) is 6.22. The van der Waals surface area contributed by atoms with Gasteiger partial charge in [0.25, 0.3) is 10.0 Å². The van der Waals surface area contributed by atoms with E-state index in [9.17, 15) is 8.42 Å². The van der Waals surface area contributed by atoms with Crippen molar-refractivity contribution in [2.45, 2.75) is 11.8 Å². The van der Waals surface area contributed by atoms with Crippen molar-refractivity contribution in [2.75, 3.05) is 11.4 Å². The second-order valence-corrected chi connectivity index (χ2v) is 9.76. The predicted octanol–water partition coefficient (Wildman–Crippen LogP) is 5.66. The molecule has 0 aliphatic heterocycles. The van der Waals surface area contributed by atoms with Crippen LogP contribution in [0.1, 0.15) is 5.56 Å². The Hall–Kier alpha value is -4.50. The molecule has 8 nitrogen and oxygen atoms in total. The first-order valence-electron chi connectivity index (χ1n) is 11.0.